The molecule has 0 aliphatic carbocycles. The van der Waals surface area contributed by atoms with E-state index in [9.17, 15) is 5.11 Å². The molecule has 0 bridgehead atoms. The summed E-state index contributed by atoms with van der Waals surface area (Å²) in [7, 11) is 1.65. The first-order chi connectivity index (χ1) is 10.2. The molecule has 1 fully saturated rings. The van der Waals surface area contributed by atoms with Crippen molar-refractivity contribution in [2.24, 2.45) is 0 Å². The number of aromatic nitrogens is 1. The zero-order valence-corrected chi connectivity index (χ0v) is 12.1. The summed E-state index contributed by atoms with van der Waals surface area (Å²) in [6.45, 7) is 1.70. The van der Waals surface area contributed by atoms with E-state index in [1.54, 1.807) is 13.3 Å². The van der Waals surface area contributed by atoms with Crippen LogP contribution in [0.3, 0.4) is 0 Å². The van der Waals surface area contributed by atoms with Crippen LogP contribution in [0.25, 0.3) is 10.8 Å². The third-order valence-electron chi connectivity index (χ3n) is 3.98. The lowest BCUT2D eigenvalue weighted by Gasteiger charge is -2.32. The Morgan fingerprint density at radius 2 is 2.14 bits per heavy atom. The molecule has 2 heterocycles. The summed E-state index contributed by atoms with van der Waals surface area (Å²) in [6, 6.07) is 7.83. The molecule has 21 heavy (non-hydrogen) atoms. The Morgan fingerprint density at radius 1 is 1.33 bits per heavy atom. The van der Waals surface area contributed by atoms with Crippen molar-refractivity contribution >= 4 is 16.6 Å². The molecule has 1 aromatic carbocycles. The maximum Gasteiger partial charge on any atom is 0.133 e. The average molecular weight is 288 g/mol. The second-order valence-corrected chi connectivity index (χ2v) is 5.44. The number of nitrogens with one attached hydrogen (secondary N) is 1. The maximum atomic E-state index is 10.5. The molecule has 0 radical (unpaired) electrons. The monoisotopic (exact) mass is 288 g/mol. The van der Waals surface area contributed by atoms with Crippen LogP contribution in [0.5, 0.6) is 5.75 Å². The van der Waals surface area contributed by atoms with Gasteiger partial charge in [-0.3, -0.25) is 0 Å². The van der Waals surface area contributed by atoms with Gasteiger partial charge in [0, 0.05) is 44.2 Å². The van der Waals surface area contributed by atoms with Crippen molar-refractivity contribution in [2.75, 3.05) is 32.2 Å². The summed E-state index contributed by atoms with van der Waals surface area (Å²) in [4.78, 5) is 4.38. The second-order valence-electron chi connectivity index (χ2n) is 5.44. The molecule has 2 N–H and O–H groups in total. The Morgan fingerprint density at radius 3 is 2.90 bits per heavy atom. The van der Waals surface area contributed by atoms with Gasteiger partial charge in [0.2, 0.25) is 0 Å². The van der Waals surface area contributed by atoms with Crippen LogP contribution in [0.15, 0.2) is 30.5 Å². The van der Waals surface area contributed by atoms with Crippen LogP contribution in [0.1, 0.15) is 12.8 Å². The Bertz CT molecular complexity index is 624. The molecule has 1 aliphatic rings. The highest BCUT2D eigenvalue weighted by molar-refractivity contribution is 5.92. The van der Waals surface area contributed by atoms with Crippen molar-refractivity contribution in [1.82, 2.24) is 4.98 Å². The number of hydrogen-bond donors (Lipinski definition) is 2. The maximum absolute atomic E-state index is 10.5. The smallest absolute Gasteiger partial charge is 0.133 e. The summed E-state index contributed by atoms with van der Waals surface area (Å²) in [5.74, 6) is 1.61. The molecule has 0 unspecified atom stereocenters. The normalized spacial score (nSPS) is 17.6. The first-order valence-electron chi connectivity index (χ1n) is 7.17. The van der Waals surface area contributed by atoms with Crippen LogP contribution < -0.4 is 10.1 Å². The number of fused-ring (bicyclic) bond motifs is 1. The van der Waals surface area contributed by atoms with E-state index in [-0.39, 0.29) is 0 Å². The van der Waals surface area contributed by atoms with E-state index in [4.69, 9.17) is 9.47 Å². The SMILES string of the molecule is COc1ccc2c(NCC3(O)CCOCC3)nccc2c1. The van der Waals surface area contributed by atoms with Gasteiger partial charge in [0.1, 0.15) is 11.6 Å². The van der Waals surface area contributed by atoms with E-state index >= 15 is 0 Å². The van der Waals surface area contributed by atoms with Crippen LogP contribution >= 0.6 is 0 Å². The van der Waals surface area contributed by atoms with Gasteiger partial charge in [-0.15, -0.1) is 0 Å². The number of pyridine rings is 1. The minimum absolute atomic E-state index is 0.481. The first-order valence-corrected chi connectivity index (χ1v) is 7.17. The number of methoxy groups -OCH3 is 1. The lowest BCUT2D eigenvalue weighted by Crippen LogP contribution is -2.42. The molecule has 0 amide bonds. The fourth-order valence-corrected chi connectivity index (χ4v) is 2.60. The number of ether oxygens (including phenoxy) is 2. The van der Waals surface area contributed by atoms with E-state index < -0.39 is 5.60 Å². The van der Waals surface area contributed by atoms with Gasteiger partial charge in [-0.05, 0) is 29.7 Å². The summed E-state index contributed by atoms with van der Waals surface area (Å²) in [5, 5.41) is 15.9. The van der Waals surface area contributed by atoms with Gasteiger partial charge < -0.3 is 19.9 Å². The van der Waals surface area contributed by atoms with Crippen LogP contribution in [0.4, 0.5) is 5.82 Å². The van der Waals surface area contributed by atoms with Gasteiger partial charge in [-0.2, -0.15) is 0 Å². The number of benzene rings is 1. The average Bonchev–Trinajstić information content (AvgIpc) is 2.53. The van der Waals surface area contributed by atoms with E-state index in [2.05, 4.69) is 10.3 Å². The quantitative estimate of drug-likeness (QED) is 0.903. The molecule has 5 nitrogen and oxygen atoms in total. The zero-order valence-electron chi connectivity index (χ0n) is 12.1. The minimum atomic E-state index is -0.714. The van der Waals surface area contributed by atoms with Crippen molar-refractivity contribution < 1.29 is 14.6 Å². The van der Waals surface area contributed by atoms with Crippen molar-refractivity contribution in [1.29, 1.82) is 0 Å². The Labute approximate surface area is 123 Å². The van der Waals surface area contributed by atoms with Crippen LogP contribution in [0.2, 0.25) is 0 Å². The molecule has 5 heteroatoms. The van der Waals surface area contributed by atoms with Crippen molar-refractivity contribution in [3.8, 4) is 5.75 Å². The largest absolute Gasteiger partial charge is 0.497 e. The molecule has 0 saturated carbocycles. The second kappa shape index (κ2) is 5.87. The predicted molar refractivity (Wildman–Crippen MR) is 81.8 cm³/mol. The molecule has 112 valence electrons. The van der Waals surface area contributed by atoms with Gasteiger partial charge >= 0.3 is 0 Å². The summed E-state index contributed by atoms with van der Waals surface area (Å²) < 4.78 is 10.5. The Balaban J connectivity index is 1.80. The van der Waals surface area contributed by atoms with Crippen molar-refractivity contribution in [3.63, 3.8) is 0 Å². The van der Waals surface area contributed by atoms with Gasteiger partial charge in [-0.25, -0.2) is 4.98 Å². The first kappa shape index (κ1) is 14.1. The van der Waals surface area contributed by atoms with E-state index in [1.807, 2.05) is 24.3 Å². The summed E-state index contributed by atoms with van der Waals surface area (Å²) in [5.41, 5.74) is -0.714. The highest BCUT2D eigenvalue weighted by Gasteiger charge is 2.29. The Kier molecular flexibility index (Phi) is 3.94. The molecular formula is C16H20N2O3. The third-order valence-corrected chi connectivity index (χ3v) is 3.98. The lowest BCUT2D eigenvalue weighted by molar-refractivity contribution is -0.0543. The van der Waals surface area contributed by atoms with E-state index in [0.717, 1.165) is 22.3 Å². The molecular weight excluding hydrogens is 268 g/mol. The van der Waals surface area contributed by atoms with E-state index in [1.165, 1.54) is 0 Å². The molecule has 0 spiro atoms. The topological polar surface area (TPSA) is 63.6 Å². The molecule has 1 saturated heterocycles. The fourth-order valence-electron chi connectivity index (χ4n) is 2.60. The third kappa shape index (κ3) is 3.09. The van der Waals surface area contributed by atoms with Crippen molar-refractivity contribution in [3.05, 3.63) is 30.5 Å². The highest BCUT2D eigenvalue weighted by atomic mass is 16.5. The minimum Gasteiger partial charge on any atom is -0.497 e. The number of rotatable bonds is 4. The van der Waals surface area contributed by atoms with Gasteiger partial charge in [0.05, 0.1) is 12.7 Å². The number of aliphatic hydroxyl groups is 1. The standard InChI is InChI=1S/C16H20N2O3/c1-20-13-2-3-14-12(10-13)4-7-17-15(14)18-11-16(19)5-8-21-9-6-16/h2-4,7,10,19H,5-6,8-9,11H2,1H3,(H,17,18). The van der Waals surface area contributed by atoms with Gasteiger partial charge in [-0.1, -0.05) is 0 Å². The number of anilines is 1. The fraction of sp³-hybridized carbons (Fsp3) is 0.438. The molecule has 2 aromatic rings. The van der Waals surface area contributed by atoms with Crippen molar-refractivity contribution in [2.45, 2.75) is 18.4 Å². The molecule has 0 atom stereocenters. The highest BCUT2D eigenvalue weighted by Crippen LogP contribution is 2.27. The molecule has 1 aromatic heterocycles. The summed E-state index contributed by atoms with van der Waals surface area (Å²) in [6.07, 6.45) is 3.06. The van der Waals surface area contributed by atoms with Crippen LogP contribution in [-0.2, 0) is 4.74 Å². The number of nitrogens with zero attached hydrogens (tertiary/aromatic N) is 1. The van der Waals surface area contributed by atoms with E-state index in [0.29, 0.717) is 32.6 Å². The predicted octanol–water partition coefficient (Wildman–Crippen LogP) is 2.20. The number of hydrogen-bond acceptors (Lipinski definition) is 5. The lowest BCUT2D eigenvalue weighted by atomic mass is 9.94. The van der Waals surface area contributed by atoms with Crippen LogP contribution in [0, 0.1) is 0 Å². The van der Waals surface area contributed by atoms with Gasteiger partial charge in [0.25, 0.3) is 0 Å². The summed E-state index contributed by atoms with van der Waals surface area (Å²) >= 11 is 0. The van der Waals surface area contributed by atoms with Gasteiger partial charge in [0.15, 0.2) is 0 Å². The molecule has 3 rings (SSSR count). The molecule has 1 aliphatic heterocycles. The Hall–Kier alpha value is -1.85. The zero-order chi connectivity index (χ0) is 14.7. The van der Waals surface area contributed by atoms with Crippen LogP contribution in [-0.4, -0.2) is 42.6 Å².